The van der Waals surface area contributed by atoms with Crippen LogP contribution in [0.15, 0.2) is 6.20 Å². The Hall–Kier alpha value is -1.36. The van der Waals surface area contributed by atoms with Gasteiger partial charge in [-0.25, -0.2) is 0 Å². The molecule has 5 nitrogen and oxygen atoms in total. The molecule has 1 amide bonds. The quantitative estimate of drug-likeness (QED) is 0.743. The minimum Gasteiger partial charge on any atom is -0.338 e. The second kappa shape index (κ2) is 4.25. The van der Waals surface area contributed by atoms with Crippen LogP contribution < -0.4 is 5.73 Å². The maximum Gasteiger partial charge on any atom is 0.257 e. The van der Waals surface area contributed by atoms with Crippen molar-refractivity contribution < 1.29 is 4.79 Å². The van der Waals surface area contributed by atoms with E-state index in [1.807, 2.05) is 18.9 Å². The third-order valence-electron chi connectivity index (χ3n) is 3.07. The fourth-order valence-corrected chi connectivity index (χ4v) is 2.08. The van der Waals surface area contributed by atoms with Crippen LogP contribution in [0.25, 0.3) is 0 Å². The Morgan fingerprint density at radius 3 is 2.62 bits per heavy atom. The maximum atomic E-state index is 12.2. The highest BCUT2D eigenvalue weighted by Gasteiger charge is 2.23. The Bertz CT molecular complexity index is 391. The first-order chi connectivity index (χ1) is 7.58. The van der Waals surface area contributed by atoms with Crippen molar-refractivity contribution in [2.75, 3.05) is 13.1 Å². The average molecular weight is 222 g/mol. The van der Waals surface area contributed by atoms with Gasteiger partial charge in [0.05, 0.1) is 11.3 Å². The number of nitrogens with two attached hydrogens (primary N) is 1. The van der Waals surface area contributed by atoms with Crippen molar-refractivity contribution in [1.29, 1.82) is 0 Å². The van der Waals surface area contributed by atoms with Crippen LogP contribution in [0.1, 0.15) is 28.9 Å². The van der Waals surface area contributed by atoms with Crippen LogP contribution in [-0.4, -0.2) is 39.7 Å². The summed E-state index contributed by atoms with van der Waals surface area (Å²) in [5.41, 5.74) is 7.32. The zero-order valence-corrected chi connectivity index (χ0v) is 9.81. The minimum absolute atomic E-state index is 0.0810. The molecule has 1 aliphatic heterocycles. The first-order valence-electron chi connectivity index (χ1n) is 5.63. The molecule has 1 aliphatic rings. The van der Waals surface area contributed by atoms with Gasteiger partial charge in [-0.2, -0.15) is 5.10 Å². The van der Waals surface area contributed by atoms with Crippen molar-refractivity contribution in [1.82, 2.24) is 14.7 Å². The van der Waals surface area contributed by atoms with Crippen molar-refractivity contribution >= 4 is 5.91 Å². The second-order valence-corrected chi connectivity index (χ2v) is 4.43. The normalized spacial score (nSPS) is 17.8. The van der Waals surface area contributed by atoms with Gasteiger partial charge in [-0.1, -0.05) is 0 Å². The molecule has 5 heteroatoms. The summed E-state index contributed by atoms with van der Waals surface area (Å²) in [5, 5.41) is 4.19. The van der Waals surface area contributed by atoms with E-state index in [1.165, 1.54) is 0 Å². The van der Waals surface area contributed by atoms with Crippen molar-refractivity contribution in [3.8, 4) is 0 Å². The summed E-state index contributed by atoms with van der Waals surface area (Å²) in [4.78, 5) is 14.0. The molecule has 0 aromatic carbocycles. The fraction of sp³-hybridized carbons (Fsp3) is 0.636. The van der Waals surface area contributed by atoms with E-state index in [0.29, 0.717) is 5.56 Å². The number of carbonyl (C=O) groups excluding carboxylic acids is 1. The number of carbonyl (C=O) groups is 1. The van der Waals surface area contributed by atoms with Crippen LogP contribution >= 0.6 is 0 Å². The van der Waals surface area contributed by atoms with Gasteiger partial charge >= 0.3 is 0 Å². The SMILES string of the molecule is Cc1nn(C)cc1C(=O)N1CCC(N)CC1. The van der Waals surface area contributed by atoms with Gasteiger partial charge in [-0.05, 0) is 19.8 Å². The molecule has 0 spiro atoms. The van der Waals surface area contributed by atoms with Crippen molar-refractivity contribution in [3.63, 3.8) is 0 Å². The number of piperidine rings is 1. The maximum absolute atomic E-state index is 12.2. The Morgan fingerprint density at radius 1 is 1.50 bits per heavy atom. The van der Waals surface area contributed by atoms with Gasteiger partial charge in [0.2, 0.25) is 0 Å². The highest BCUT2D eigenvalue weighted by atomic mass is 16.2. The first kappa shape index (κ1) is 11.1. The Balaban J connectivity index is 2.10. The predicted octanol–water partition coefficient (Wildman–Crippen LogP) is 0.292. The highest BCUT2D eigenvalue weighted by Crippen LogP contribution is 2.14. The van der Waals surface area contributed by atoms with Gasteiger partial charge in [-0.15, -0.1) is 0 Å². The lowest BCUT2D eigenvalue weighted by atomic mass is 10.1. The number of amides is 1. The van der Waals surface area contributed by atoms with Crippen molar-refractivity contribution in [2.45, 2.75) is 25.8 Å². The number of aromatic nitrogens is 2. The molecule has 0 saturated carbocycles. The summed E-state index contributed by atoms with van der Waals surface area (Å²) in [5.74, 6) is 0.0810. The van der Waals surface area contributed by atoms with Gasteiger partial charge in [0.25, 0.3) is 5.91 Å². The molecular weight excluding hydrogens is 204 g/mol. The van der Waals surface area contributed by atoms with Crippen LogP contribution in [0, 0.1) is 6.92 Å². The molecule has 2 heterocycles. The molecule has 1 fully saturated rings. The standard InChI is InChI=1S/C11H18N4O/c1-8-10(7-14(2)13-8)11(16)15-5-3-9(12)4-6-15/h7,9H,3-6,12H2,1-2H3. The highest BCUT2D eigenvalue weighted by molar-refractivity contribution is 5.95. The summed E-state index contributed by atoms with van der Waals surface area (Å²) in [6, 6.07) is 0.249. The van der Waals surface area contributed by atoms with Crippen LogP contribution in [0.2, 0.25) is 0 Å². The molecule has 1 saturated heterocycles. The third kappa shape index (κ3) is 2.09. The van der Waals surface area contributed by atoms with E-state index in [2.05, 4.69) is 5.10 Å². The van der Waals surface area contributed by atoms with Gasteiger partial charge in [-0.3, -0.25) is 9.48 Å². The van der Waals surface area contributed by atoms with Gasteiger partial charge in [0, 0.05) is 32.4 Å². The number of hydrogen-bond donors (Lipinski definition) is 1. The summed E-state index contributed by atoms with van der Waals surface area (Å²) >= 11 is 0. The summed E-state index contributed by atoms with van der Waals surface area (Å²) in [6.45, 7) is 3.38. The van der Waals surface area contributed by atoms with Crippen LogP contribution in [-0.2, 0) is 7.05 Å². The van der Waals surface area contributed by atoms with E-state index in [-0.39, 0.29) is 11.9 Å². The minimum atomic E-state index is 0.0810. The largest absolute Gasteiger partial charge is 0.338 e. The molecule has 1 aromatic rings. The molecule has 0 atom stereocenters. The lowest BCUT2D eigenvalue weighted by Crippen LogP contribution is -2.42. The first-order valence-corrected chi connectivity index (χ1v) is 5.63. The lowest BCUT2D eigenvalue weighted by Gasteiger charge is -2.30. The summed E-state index contributed by atoms with van der Waals surface area (Å²) in [7, 11) is 1.83. The van der Waals surface area contributed by atoms with E-state index in [4.69, 9.17) is 5.73 Å². The Labute approximate surface area is 95.2 Å². The smallest absolute Gasteiger partial charge is 0.257 e. The van der Waals surface area contributed by atoms with Crippen LogP contribution in [0.5, 0.6) is 0 Å². The summed E-state index contributed by atoms with van der Waals surface area (Å²) in [6.07, 6.45) is 3.57. The number of hydrogen-bond acceptors (Lipinski definition) is 3. The molecule has 2 rings (SSSR count). The number of aryl methyl sites for hydroxylation is 2. The molecule has 88 valence electrons. The zero-order chi connectivity index (χ0) is 11.7. The van der Waals surface area contributed by atoms with E-state index in [0.717, 1.165) is 31.6 Å². The van der Waals surface area contributed by atoms with E-state index >= 15 is 0 Å². The van der Waals surface area contributed by atoms with Crippen LogP contribution in [0.4, 0.5) is 0 Å². The fourth-order valence-electron chi connectivity index (χ4n) is 2.08. The van der Waals surface area contributed by atoms with Gasteiger partial charge in [0.1, 0.15) is 0 Å². The molecule has 1 aromatic heterocycles. The monoisotopic (exact) mass is 222 g/mol. The second-order valence-electron chi connectivity index (χ2n) is 4.43. The molecule has 0 radical (unpaired) electrons. The number of nitrogens with zero attached hydrogens (tertiary/aromatic N) is 3. The lowest BCUT2D eigenvalue weighted by molar-refractivity contribution is 0.0714. The van der Waals surface area contributed by atoms with Crippen molar-refractivity contribution in [2.24, 2.45) is 12.8 Å². The molecule has 0 aliphatic carbocycles. The molecular formula is C11H18N4O. The van der Waals surface area contributed by atoms with Gasteiger partial charge in [0.15, 0.2) is 0 Å². The summed E-state index contributed by atoms with van der Waals surface area (Å²) < 4.78 is 1.68. The van der Waals surface area contributed by atoms with E-state index in [9.17, 15) is 4.79 Å². The third-order valence-corrected chi connectivity index (χ3v) is 3.07. The molecule has 0 bridgehead atoms. The van der Waals surface area contributed by atoms with Crippen molar-refractivity contribution in [3.05, 3.63) is 17.5 Å². The molecule has 2 N–H and O–H groups in total. The number of likely N-dealkylation sites (tertiary alicyclic amines) is 1. The van der Waals surface area contributed by atoms with Gasteiger partial charge < -0.3 is 10.6 Å². The van der Waals surface area contributed by atoms with E-state index in [1.54, 1.807) is 10.9 Å². The average Bonchev–Trinajstić information content (AvgIpc) is 2.58. The molecule has 0 unspecified atom stereocenters. The predicted molar refractivity (Wildman–Crippen MR) is 61.1 cm³/mol. The van der Waals surface area contributed by atoms with Crippen LogP contribution in [0.3, 0.4) is 0 Å². The molecule has 16 heavy (non-hydrogen) atoms. The topological polar surface area (TPSA) is 64.2 Å². The Kier molecular flexibility index (Phi) is 2.96. The van der Waals surface area contributed by atoms with E-state index < -0.39 is 0 Å². The zero-order valence-electron chi connectivity index (χ0n) is 9.81. The Morgan fingerprint density at radius 2 is 2.12 bits per heavy atom. The number of rotatable bonds is 1.